The van der Waals surface area contributed by atoms with E-state index in [4.69, 9.17) is 5.11 Å². The highest BCUT2D eigenvalue weighted by atomic mass is 16.3. The first-order valence-electron chi connectivity index (χ1n) is 3.43. The molecule has 0 saturated carbocycles. The van der Waals surface area contributed by atoms with Gasteiger partial charge in [0.05, 0.1) is 6.10 Å². The maximum absolute atomic E-state index is 10.5. The monoisotopic (exact) mass is 142 g/mol. The van der Waals surface area contributed by atoms with Crippen LogP contribution in [0, 0.1) is 0 Å². The van der Waals surface area contributed by atoms with Crippen molar-refractivity contribution in [3.8, 4) is 0 Å². The maximum Gasteiger partial charge on any atom is 0.132 e. The number of carbonyl (C=O) groups excluding carboxylic acids is 1. The van der Waals surface area contributed by atoms with Gasteiger partial charge in [-0.1, -0.05) is 13.5 Å². The van der Waals surface area contributed by atoms with Gasteiger partial charge in [0.15, 0.2) is 0 Å². The molecule has 0 aromatic heterocycles. The van der Waals surface area contributed by atoms with Gasteiger partial charge >= 0.3 is 0 Å². The van der Waals surface area contributed by atoms with Crippen LogP contribution >= 0.6 is 0 Å². The molecule has 0 bridgehead atoms. The Bertz CT molecular complexity index is 138. The molecule has 2 nitrogen and oxygen atoms in total. The van der Waals surface area contributed by atoms with Gasteiger partial charge in [0, 0.05) is 6.42 Å². The van der Waals surface area contributed by atoms with Gasteiger partial charge in [-0.2, -0.15) is 0 Å². The lowest BCUT2D eigenvalue weighted by Gasteiger charge is -2.08. The number of rotatable bonds is 4. The smallest absolute Gasteiger partial charge is 0.132 e. The molecule has 58 valence electrons. The Hall–Kier alpha value is -0.630. The molecule has 0 rings (SSSR count). The molecule has 0 heterocycles. The summed E-state index contributed by atoms with van der Waals surface area (Å²) in [6.07, 6.45) is 0.295. The lowest BCUT2D eigenvalue weighted by Crippen LogP contribution is -2.12. The summed E-state index contributed by atoms with van der Waals surface area (Å²) in [6, 6.07) is 0. The molecule has 10 heavy (non-hydrogen) atoms. The molecule has 0 aliphatic heterocycles. The fourth-order valence-electron chi connectivity index (χ4n) is 0.652. The zero-order valence-corrected chi connectivity index (χ0v) is 6.55. The highest BCUT2D eigenvalue weighted by Gasteiger charge is 2.08. The molecule has 0 aromatic rings. The highest BCUT2D eigenvalue weighted by Crippen LogP contribution is 2.07. The average Bonchev–Trinajstić information content (AvgIpc) is 1.85. The van der Waals surface area contributed by atoms with Gasteiger partial charge in [-0.05, 0) is 18.9 Å². The van der Waals surface area contributed by atoms with Crippen LogP contribution in [-0.4, -0.2) is 17.0 Å². The van der Waals surface area contributed by atoms with Gasteiger partial charge in [-0.15, -0.1) is 0 Å². The Morgan fingerprint density at radius 3 is 2.50 bits per heavy atom. The first-order chi connectivity index (χ1) is 4.57. The van der Waals surface area contributed by atoms with Gasteiger partial charge in [0.2, 0.25) is 0 Å². The number of hydrogen-bond donors (Lipinski definition) is 1. The van der Waals surface area contributed by atoms with Gasteiger partial charge < -0.3 is 5.11 Å². The first kappa shape index (κ1) is 9.37. The summed E-state index contributed by atoms with van der Waals surface area (Å²) in [7, 11) is 0. The zero-order valence-electron chi connectivity index (χ0n) is 6.55. The normalized spacial score (nSPS) is 12.7. The number of ketones is 1. The molecule has 0 radical (unpaired) electrons. The van der Waals surface area contributed by atoms with Crippen molar-refractivity contribution in [3.05, 3.63) is 12.2 Å². The SMILES string of the molecule is C=C(CC)C(O)CC(C)=O. The maximum atomic E-state index is 10.5. The molecule has 0 aromatic carbocycles. The van der Waals surface area contributed by atoms with E-state index in [1.807, 2.05) is 6.92 Å². The third kappa shape index (κ3) is 3.41. The molecule has 0 amide bonds. The van der Waals surface area contributed by atoms with Crippen molar-refractivity contribution in [1.82, 2.24) is 0 Å². The average molecular weight is 142 g/mol. The van der Waals surface area contributed by atoms with E-state index in [9.17, 15) is 4.79 Å². The van der Waals surface area contributed by atoms with Crippen LogP contribution in [0.4, 0.5) is 0 Å². The van der Waals surface area contributed by atoms with Crippen LogP contribution in [0.1, 0.15) is 26.7 Å². The summed E-state index contributed by atoms with van der Waals surface area (Å²) < 4.78 is 0. The molecule has 0 aliphatic carbocycles. The minimum atomic E-state index is -0.637. The third-order valence-corrected chi connectivity index (χ3v) is 1.41. The van der Waals surface area contributed by atoms with Crippen molar-refractivity contribution in [3.63, 3.8) is 0 Å². The second kappa shape index (κ2) is 4.23. The molecule has 0 aliphatic rings. The molecule has 1 atom stereocenters. The quantitative estimate of drug-likeness (QED) is 0.600. The van der Waals surface area contributed by atoms with Crippen LogP contribution in [0.3, 0.4) is 0 Å². The first-order valence-corrected chi connectivity index (χ1v) is 3.43. The third-order valence-electron chi connectivity index (χ3n) is 1.41. The van der Waals surface area contributed by atoms with Crippen molar-refractivity contribution in [2.45, 2.75) is 32.8 Å². The van der Waals surface area contributed by atoms with Gasteiger partial charge in [0.25, 0.3) is 0 Å². The zero-order chi connectivity index (χ0) is 8.15. The summed E-state index contributed by atoms with van der Waals surface area (Å²) >= 11 is 0. The van der Waals surface area contributed by atoms with Crippen molar-refractivity contribution in [1.29, 1.82) is 0 Å². The second-order valence-electron chi connectivity index (χ2n) is 2.43. The molecule has 0 saturated heterocycles. The number of hydrogen-bond acceptors (Lipinski definition) is 2. The second-order valence-corrected chi connectivity index (χ2v) is 2.43. The molecule has 0 fully saturated rings. The van der Waals surface area contributed by atoms with E-state index in [1.165, 1.54) is 6.92 Å². The summed E-state index contributed by atoms with van der Waals surface area (Å²) in [5, 5.41) is 9.17. The van der Waals surface area contributed by atoms with Crippen LogP contribution in [0.5, 0.6) is 0 Å². The standard InChI is InChI=1S/C8H14O2/c1-4-6(2)8(10)5-7(3)9/h8,10H,2,4-5H2,1,3H3. The number of Topliss-reactive ketones (excluding diaryl/α,β-unsaturated/α-hetero) is 1. The van der Waals surface area contributed by atoms with Crippen LogP contribution in [0.15, 0.2) is 12.2 Å². The Kier molecular flexibility index (Phi) is 3.96. The Morgan fingerprint density at radius 1 is 1.70 bits per heavy atom. The lowest BCUT2D eigenvalue weighted by atomic mass is 10.1. The van der Waals surface area contributed by atoms with Crippen LogP contribution in [-0.2, 0) is 4.79 Å². The van der Waals surface area contributed by atoms with E-state index < -0.39 is 6.10 Å². The van der Waals surface area contributed by atoms with Gasteiger partial charge in [-0.25, -0.2) is 0 Å². The lowest BCUT2D eigenvalue weighted by molar-refractivity contribution is -0.118. The van der Waals surface area contributed by atoms with E-state index in [2.05, 4.69) is 6.58 Å². The van der Waals surface area contributed by atoms with E-state index in [0.717, 1.165) is 12.0 Å². The van der Waals surface area contributed by atoms with Crippen LogP contribution < -0.4 is 0 Å². The fourth-order valence-corrected chi connectivity index (χ4v) is 0.652. The van der Waals surface area contributed by atoms with Crippen molar-refractivity contribution < 1.29 is 9.90 Å². The Labute approximate surface area is 61.6 Å². The minimum Gasteiger partial charge on any atom is -0.388 e. The van der Waals surface area contributed by atoms with Gasteiger partial charge in [0.1, 0.15) is 5.78 Å². The van der Waals surface area contributed by atoms with Crippen LogP contribution in [0.2, 0.25) is 0 Å². The summed E-state index contributed by atoms with van der Waals surface area (Å²) in [5.74, 6) is 0.00194. The predicted molar refractivity (Wildman–Crippen MR) is 40.7 cm³/mol. The molecular formula is C8H14O2. The van der Waals surface area contributed by atoms with Crippen molar-refractivity contribution in [2.24, 2.45) is 0 Å². The molecular weight excluding hydrogens is 128 g/mol. The van der Waals surface area contributed by atoms with E-state index in [0.29, 0.717) is 0 Å². The van der Waals surface area contributed by atoms with Crippen molar-refractivity contribution >= 4 is 5.78 Å². The number of carbonyl (C=O) groups is 1. The van der Waals surface area contributed by atoms with Gasteiger partial charge in [-0.3, -0.25) is 4.79 Å². The topological polar surface area (TPSA) is 37.3 Å². The molecule has 1 N–H and O–H groups in total. The number of aliphatic hydroxyl groups is 1. The molecule has 1 unspecified atom stereocenters. The highest BCUT2D eigenvalue weighted by molar-refractivity contribution is 5.76. The number of aliphatic hydroxyl groups excluding tert-OH is 1. The summed E-state index contributed by atoms with van der Waals surface area (Å²) in [6.45, 7) is 7.00. The van der Waals surface area contributed by atoms with Crippen molar-refractivity contribution in [2.75, 3.05) is 0 Å². The van der Waals surface area contributed by atoms with E-state index in [-0.39, 0.29) is 12.2 Å². The summed E-state index contributed by atoms with van der Waals surface area (Å²) in [4.78, 5) is 10.5. The molecule has 2 heteroatoms. The Morgan fingerprint density at radius 2 is 2.20 bits per heavy atom. The fraction of sp³-hybridized carbons (Fsp3) is 0.625. The van der Waals surface area contributed by atoms with Crippen LogP contribution in [0.25, 0.3) is 0 Å². The summed E-state index contributed by atoms with van der Waals surface area (Å²) in [5.41, 5.74) is 0.732. The predicted octanol–water partition coefficient (Wildman–Crippen LogP) is 1.29. The molecule has 0 spiro atoms. The Balaban J connectivity index is 3.72. The minimum absolute atomic E-state index is 0.00194. The van der Waals surface area contributed by atoms with E-state index >= 15 is 0 Å². The van der Waals surface area contributed by atoms with E-state index in [1.54, 1.807) is 0 Å². The largest absolute Gasteiger partial charge is 0.388 e.